The lowest BCUT2D eigenvalue weighted by Crippen LogP contribution is -2.55. The summed E-state index contributed by atoms with van der Waals surface area (Å²) in [5, 5.41) is 43.2. The van der Waals surface area contributed by atoms with Crippen molar-refractivity contribution in [1.82, 2.24) is 20.3 Å². The average Bonchev–Trinajstić information content (AvgIpc) is 3.46. The van der Waals surface area contributed by atoms with E-state index in [9.17, 15) is 20.3 Å². The third kappa shape index (κ3) is 6.56. The molecule has 3 heterocycles. The number of anilines is 1. The topological polar surface area (TPSA) is 155 Å². The fourth-order valence-electron chi connectivity index (χ4n) is 5.12. The number of morpholine rings is 1. The summed E-state index contributed by atoms with van der Waals surface area (Å²) in [5.74, 6) is -0.922. The van der Waals surface area contributed by atoms with Gasteiger partial charge in [0.2, 0.25) is 0 Å². The maximum absolute atomic E-state index is 12.8. The van der Waals surface area contributed by atoms with Gasteiger partial charge in [-0.3, -0.25) is 4.79 Å². The molecule has 0 spiro atoms. The van der Waals surface area contributed by atoms with Crippen LogP contribution in [0.25, 0.3) is 16.8 Å². The van der Waals surface area contributed by atoms with Crippen molar-refractivity contribution in [2.45, 2.75) is 44.6 Å². The van der Waals surface area contributed by atoms with Crippen LogP contribution in [0, 0.1) is 17.2 Å². The fourth-order valence-corrected chi connectivity index (χ4v) is 5.12. The Hall–Kier alpha value is -3.86. The van der Waals surface area contributed by atoms with Crippen LogP contribution in [0.2, 0.25) is 0 Å². The molecule has 0 aliphatic carbocycles. The van der Waals surface area contributed by atoms with E-state index >= 15 is 0 Å². The molecule has 216 valence electrons. The van der Waals surface area contributed by atoms with Gasteiger partial charge in [-0.2, -0.15) is 5.26 Å². The predicted molar refractivity (Wildman–Crippen MR) is 149 cm³/mol. The molecule has 2 aliphatic rings. The lowest BCUT2D eigenvalue weighted by Gasteiger charge is -2.40. The quantitative estimate of drug-likeness (QED) is 0.270. The number of aliphatic hydroxyl groups excluding tert-OH is 2. The molecule has 0 radical (unpaired) electrons. The molecule has 0 saturated carbocycles. The molecule has 0 bridgehead atoms. The van der Waals surface area contributed by atoms with E-state index < -0.39 is 36.4 Å². The van der Waals surface area contributed by atoms with Gasteiger partial charge in [-0.05, 0) is 40.6 Å². The highest BCUT2D eigenvalue weighted by Gasteiger charge is 2.42. The van der Waals surface area contributed by atoms with Crippen LogP contribution < -0.4 is 10.2 Å². The van der Waals surface area contributed by atoms with E-state index in [1.165, 1.54) is 11.8 Å². The standard InChI is InChI=1S/C29H34N6O6/c1-18-26(36)27(37)25(41-29(18)39-2)17-35-16-23(32-33-35)15-31-28(38)22(14-30)12-19-3-4-21-13-24(6-5-20(21)11-19)34-7-9-40-10-8-34/h3-6,11-13,16,18,25-27,29,36-37H,7-10,15,17H2,1-2H3,(H,31,38)/b22-12+/t18-,25-,26-,27-,29+/m1/s1. The number of benzene rings is 2. The van der Waals surface area contributed by atoms with Gasteiger partial charge in [0, 0.05) is 31.8 Å². The molecule has 0 unspecified atom stereocenters. The molecule has 12 nitrogen and oxygen atoms in total. The summed E-state index contributed by atoms with van der Waals surface area (Å²) in [6.45, 7) is 5.08. The maximum Gasteiger partial charge on any atom is 0.262 e. The van der Waals surface area contributed by atoms with Crippen molar-refractivity contribution >= 4 is 28.4 Å². The Bertz CT molecular complexity index is 1440. The first-order valence-corrected chi connectivity index (χ1v) is 13.6. The molecule has 3 N–H and O–H groups in total. The monoisotopic (exact) mass is 562 g/mol. The SMILES string of the molecule is CO[C@H]1O[C@H](Cn2cc(CNC(=O)/C(C#N)=C/c3ccc4cc(N5CCOCC5)ccc4c3)nn2)[C@@H](O)[C@H](O)[C@H]1C. The highest BCUT2D eigenvalue weighted by Crippen LogP contribution is 2.27. The van der Waals surface area contributed by atoms with Crippen LogP contribution in [-0.4, -0.2) is 89.1 Å². The third-order valence-corrected chi connectivity index (χ3v) is 7.52. The fraction of sp³-hybridized carbons (Fsp3) is 0.448. The molecule has 3 aromatic rings. The summed E-state index contributed by atoms with van der Waals surface area (Å²) in [6.07, 6.45) is -0.376. The average molecular weight is 563 g/mol. The second-order valence-corrected chi connectivity index (χ2v) is 10.3. The number of nitriles is 1. The molecule has 5 atom stereocenters. The zero-order valence-corrected chi connectivity index (χ0v) is 23.0. The smallest absolute Gasteiger partial charge is 0.262 e. The van der Waals surface area contributed by atoms with Gasteiger partial charge in [0.05, 0.1) is 38.6 Å². The lowest BCUT2D eigenvalue weighted by molar-refractivity contribution is -0.272. The minimum absolute atomic E-state index is 0.0332. The summed E-state index contributed by atoms with van der Waals surface area (Å²) < 4.78 is 17.9. The lowest BCUT2D eigenvalue weighted by atomic mass is 9.92. The van der Waals surface area contributed by atoms with Crippen LogP contribution in [-0.2, 0) is 32.1 Å². The Balaban J connectivity index is 1.19. The number of amides is 1. The number of fused-ring (bicyclic) bond motifs is 1. The second-order valence-electron chi connectivity index (χ2n) is 10.3. The normalized spacial score (nSPS) is 25.2. The Morgan fingerprint density at radius 3 is 2.71 bits per heavy atom. The summed E-state index contributed by atoms with van der Waals surface area (Å²) in [5.41, 5.74) is 2.31. The number of rotatable bonds is 8. The maximum atomic E-state index is 12.8. The molecule has 5 rings (SSSR count). The van der Waals surface area contributed by atoms with Crippen molar-refractivity contribution in [2.24, 2.45) is 5.92 Å². The summed E-state index contributed by atoms with van der Waals surface area (Å²) >= 11 is 0. The molecule has 2 aliphatic heterocycles. The number of carbonyl (C=O) groups excluding carboxylic acids is 1. The second kappa shape index (κ2) is 12.8. The summed E-state index contributed by atoms with van der Waals surface area (Å²) in [7, 11) is 1.48. The molecule has 2 aromatic carbocycles. The van der Waals surface area contributed by atoms with Gasteiger partial charge in [0.15, 0.2) is 6.29 Å². The van der Waals surface area contributed by atoms with Gasteiger partial charge in [-0.1, -0.05) is 30.3 Å². The number of carbonyl (C=O) groups is 1. The molecule has 2 saturated heterocycles. The largest absolute Gasteiger partial charge is 0.390 e. The first-order valence-electron chi connectivity index (χ1n) is 13.6. The van der Waals surface area contributed by atoms with Gasteiger partial charge in [-0.15, -0.1) is 5.10 Å². The van der Waals surface area contributed by atoms with Gasteiger partial charge in [0.25, 0.3) is 5.91 Å². The van der Waals surface area contributed by atoms with Crippen LogP contribution in [0.5, 0.6) is 0 Å². The van der Waals surface area contributed by atoms with E-state index in [-0.39, 0.29) is 18.7 Å². The predicted octanol–water partition coefficient (Wildman–Crippen LogP) is 1.22. The zero-order valence-electron chi connectivity index (χ0n) is 23.0. The van der Waals surface area contributed by atoms with E-state index in [1.54, 1.807) is 19.2 Å². The molecule has 2 fully saturated rings. The number of nitrogens with zero attached hydrogens (tertiary/aromatic N) is 5. The molecule has 41 heavy (non-hydrogen) atoms. The number of ether oxygens (including phenoxy) is 3. The van der Waals surface area contributed by atoms with Crippen LogP contribution in [0.4, 0.5) is 5.69 Å². The number of aliphatic hydroxyl groups is 2. The van der Waals surface area contributed by atoms with E-state index in [1.807, 2.05) is 30.3 Å². The first-order chi connectivity index (χ1) is 19.9. The number of hydrogen-bond donors (Lipinski definition) is 3. The molecular formula is C29H34N6O6. The van der Waals surface area contributed by atoms with Gasteiger partial charge in [0.1, 0.15) is 29.5 Å². The minimum atomic E-state index is -1.12. The highest BCUT2D eigenvalue weighted by molar-refractivity contribution is 6.02. The van der Waals surface area contributed by atoms with Crippen LogP contribution in [0.15, 0.2) is 48.2 Å². The number of aromatic nitrogens is 3. The number of hydrogen-bond acceptors (Lipinski definition) is 10. The van der Waals surface area contributed by atoms with E-state index in [4.69, 9.17) is 14.2 Å². The zero-order chi connectivity index (χ0) is 28.9. The van der Waals surface area contributed by atoms with Crippen LogP contribution in [0.1, 0.15) is 18.2 Å². The van der Waals surface area contributed by atoms with Gasteiger partial charge < -0.3 is 34.6 Å². The Kier molecular flexibility index (Phi) is 8.92. The highest BCUT2D eigenvalue weighted by atomic mass is 16.7. The van der Waals surface area contributed by atoms with Crippen molar-refractivity contribution in [3.8, 4) is 6.07 Å². The van der Waals surface area contributed by atoms with Crippen molar-refractivity contribution < 1.29 is 29.2 Å². The molecule has 1 aromatic heterocycles. The first kappa shape index (κ1) is 28.7. The van der Waals surface area contributed by atoms with E-state index in [0.717, 1.165) is 48.3 Å². The Labute approximate surface area is 237 Å². The van der Waals surface area contributed by atoms with Gasteiger partial charge >= 0.3 is 0 Å². The Morgan fingerprint density at radius 2 is 1.95 bits per heavy atom. The van der Waals surface area contributed by atoms with Crippen molar-refractivity contribution in [3.63, 3.8) is 0 Å². The van der Waals surface area contributed by atoms with Crippen molar-refractivity contribution in [1.29, 1.82) is 5.26 Å². The van der Waals surface area contributed by atoms with Crippen LogP contribution >= 0.6 is 0 Å². The molecule has 12 heteroatoms. The van der Waals surface area contributed by atoms with Crippen LogP contribution in [0.3, 0.4) is 0 Å². The van der Waals surface area contributed by atoms with E-state index in [0.29, 0.717) is 5.69 Å². The Morgan fingerprint density at radius 1 is 1.20 bits per heavy atom. The number of methoxy groups -OCH3 is 1. The van der Waals surface area contributed by atoms with Crippen molar-refractivity contribution in [2.75, 3.05) is 38.3 Å². The third-order valence-electron chi connectivity index (χ3n) is 7.52. The molecule has 1 amide bonds. The molecular weight excluding hydrogens is 528 g/mol. The van der Waals surface area contributed by atoms with E-state index in [2.05, 4.69) is 32.7 Å². The number of nitrogens with one attached hydrogen (secondary N) is 1. The minimum Gasteiger partial charge on any atom is -0.390 e. The van der Waals surface area contributed by atoms with Gasteiger partial charge in [-0.25, -0.2) is 4.68 Å². The summed E-state index contributed by atoms with van der Waals surface area (Å²) in [6, 6.07) is 14.0. The summed E-state index contributed by atoms with van der Waals surface area (Å²) in [4.78, 5) is 15.1. The van der Waals surface area contributed by atoms with Crippen molar-refractivity contribution in [3.05, 3.63) is 59.4 Å².